The third-order valence-corrected chi connectivity index (χ3v) is 7.59. The summed E-state index contributed by atoms with van der Waals surface area (Å²) < 4.78 is 32.0. The molecule has 1 saturated carbocycles. The zero-order chi connectivity index (χ0) is 19.7. The van der Waals surface area contributed by atoms with E-state index in [1.54, 1.807) is 19.1 Å². The van der Waals surface area contributed by atoms with Crippen molar-refractivity contribution in [1.82, 2.24) is 9.62 Å². The number of rotatable bonds is 6. The van der Waals surface area contributed by atoms with Gasteiger partial charge in [-0.25, -0.2) is 12.7 Å². The topological polar surface area (TPSA) is 87.7 Å². The van der Waals surface area contributed by atoms with Gasteiger partial charge in [0.25, 0.3) is 0 Å². The van der Waals surface area contributed by atoms with Crippen molar-refractivity contribution in [3.63, 3.8) is 0 Å². The van der Waals surface area contributed by atoms with Crippen molar-refractivity contribution < 1.29 is 17.9 Å². The Balaban J connectivity index is 0.00000280. The van der Waals surface area contributed by atoms with Crippen molar-refractivity contribution in [3.05, 3.63) is 18.2 Å². The molecule has 0 unspecified atom stereocenters. The maximum atomic E-state index is 13.1. The molecule has 0 bridgehead atoms. The third kappa shape index (κ3) is 4.15. The van der Waals surface area contributed by atoms with Crippen LogP contribution in [0, 0.1) is 11.3 Å². The average molecular weight is 432 g/mol. The van der Waals surface area contributed by atoms with Crippen molar-refractivity contribution >= 4 is 34.0 Å². The van der Waals surface area contributed by atoms with E-state index < -0.39 is 15.4 Å². The van der Waals surface area contributed by atoms with Crippen LogP contribution in [0.1, 0.15) is 32.6 Å². The molecule has 1 aromatic carbocycles. The molecule has 7 nitrogen and oxygen atoms in total. The monoisotopic (exact) mass is 431 g/mol. The maximum Gasteiger partial charge on any atom is 0.246 e. The molecule has 0 aromatic heterocycles. The number of hydrogen-bond acceptors (Lipinski definition) is 5. The van der Waals surface area contributed by atoms with E-state index in [9.17, 15) is 13.2 Å². The zero-order valence-electron chi connectivity index (χ0n) is 16.7. The predicted octanol–water partition coefficient (Wildman–Crippen LogP) is 2.48. The minimum atomic E-state index is -3.69. The number of carbonyl (C=O) groups excluding carboxylic acids is 1. The van der Waals surface area contributed by atoms with Crippen LogP contribution in [0.15, 0.2) is 23.1 Å². The van der Waals surface area contributed by atoms with Crippen LogP contribution >= 0.6 is 12.4 Å². The largest absolute Gasteiger partial charge is 0.492 e. The Morgan fingerprint density at radius 3 is 2.79 bits per heavy atom. The van der Waals surface area contributed by atoms with Crippen LogP contribution in [-0.4, -0.2) is 52.4 Å². The number of carbonyl (C=O) groups is 1. The lowest BCUT2D eigenvalue weighted by Crippen LogP contribution is -2.44. The summed E-state index contributed by atoms with van der Waals surface area (Å²) in [6, 6.07) is 4.81. The molecular weight excluding hydrogens is 402 g/mol. The molecule has 0 radical (unpaired) electrons. The van der Waals surface area contributed by atoms with Gasteiger partial charge in [-0.05, 0) is 50.4 Å². The Morgan fingerprint density at radius 1 is 1.36 bits per heavy atom. The lowest BCUT2D eigenvalue weighted by atomic mass is 9.67. The average Bonchev–Trinajstić information content (AvgIpc) is 3.08. The fraction of sp³-hybridized carbons (Fsp3) is 0.632. The first kappa shape index (κ1) is 22.9. The molecule has 158 valence electrons. The Labute approximate surface area is 173 Å². The number of amides is 1. The summed E-state index contributed by atoms with van der Waals surface area (Å²) in [5, 5.41) is 6.34. The van der Waals surface area contributed by atoms with Gasteiger partial charge in [0.15, 0.2) is 0 Å². The van der Waals surface area contributed by atoms with Crippen molar-refractivity contribution in [2.75, 3.05) is 39.1 Å². The van der Waals surface area contributed by atoms with Crippen LogP contribution in [0.4, 0.5) is 5.69 Å². The van der Waals surface area contributed by atoms with Gasteiger partial charge in [-0.1, -0.05) is 12.8 Å². The molecule has 1 saturated heterocycles. The van der Waals surface area contributed by atoms with Crippen LogP contribution in [0.3, 0.4) is 0 Å². The van der Waals surface area contributed by atoms with Gasteiger partial charge in [-0.3, -0.25) is 4.79 Å². The highest BCUT2D eigenvalue weighted by Gasteiger charge is 2.49. The number of nitrogens with zero attached hydrogens (tertiary/aromatic N) is 1. The molecule has 1 amide bonds. The normalized spacial score (nSPS) is 24.4. The first-order valence-electron chi connectivity index (χ1n) is 9.53. The van der Waals surface area contributed by atoms with Crippen molar-refractivity contribution in [2.24, 2.45) is 11.3 Å². The van der Waals surface area contributed by atoms with E-state index in [0.717, 1.165) is 36.5 Å². The number of nitrogens with one attached hydrogen (secondary N) is 2. The maximum absolute atomic E-state index is 13.1. The molecule has 2 aliphatic rings. The second-order valence-corrected chi connectivity index (χ2v) is 9.69. The Bertz CT molecular complexity index is 815. The van der Waals surface area contributed by atoms with E-state index in [1.807, 2.05) is 0 Å². The van der Waals surface area contributed by atoms with Gasteiger partial charge in [-0.2, -0.15) is 0 Å². The van der Waals surface area contributed by atoms with Gasteiger partial charge in [0.1, 0.15) is 10.6 Å². The number of hydrogen-bond donors (Lipinski definition) is 2. The standard InChI is InChI=1S/C19H29N3O4S.ClH/c1-4-26-16-9-8-15(11-17(16)27(24,25)22(2)3)21-18(23)19-10-6-5-7-14(19)12-20-13-19;/h8-9,11,14,20H,4-7,10,12-13H2,1-3H3,(H,21,23);1H/t14-,19+;/m0./s1. The van der Waals surface area contributed by atoms with Gasteiger partial charge in [-0.15, -0.1) is 12.4 Å². The number of sulfonamides is 1. The van der Waals surface area contributed by atoms with Gasteiger partial charge in [0, 0.05) is 26.3 Å². The van der Waals surface area contributed by atoms with Crippen LogP contribution in [0.2, 0.25) is 0 Å². The minimum absolute atomic E-state index is 0. The molecule has 1 aliphatic heterocycles. The highest BCUT2D eigenvalue weighted by molar-refractivity contribution is 7.89. The summed E-state index contributed by atoms with van der Waals surface area (Å²) >= 11 is 0. The van der Waals surface area contributed by atoms with Crippen molar-refractivity contribution in [3.8, 4) is 5.75 Å². The fourth-order valence-corrected chi connectivity index (χ4v) is 5.26. The van der Waals surface area contributed by atoms with Crippen LogP contribution in [0.25, 0.3) is 0 Å². The Kier molecular flexibility index (Phi) is 7.36. The molecule has 2 fully saturated rings. The van der Waals surface area contributed by atoms with Crippen LogP contribution in [-0.2, 0) is 14.8 Å². The summed E-state index contributed by atoms with van der Waals surface area (Å²) in [7, 11) is -0.731. The predicted molar refractivity (Wildman–Crippen MR) is 112 cm³/mol. The lowest BCUT2D eigenvalue weighted by molar-refractivity contribution is -0.128. The van der Waals surface area contributed by atoms with Gasteiger partial charge < -0.3 is 15.4 Å². The van der Waals surface area contributed by atoms with E-state index >= 15 is 0 Å². The molecule has 1 aromatic rings. The fourth-order valence-electron chi connectivity index (χ4n) is 4.20. The van der Waals surface area contributed by atoms with Crippen molar-refractivity contribution in [2.45, 2.75) is 37.5 Å². The SMILES string of the molecule is CCOc1ccc(NC(=O)[C@@]23CCCC[C@H]2CNC3)cc1S(=O)(=O)N(C)C.Cl. The molecule has 2 N–H and O–H groups in total. The van der Waals surface area contributed by atoms with E-state index in [1.165, 1.54) is 20.2 Å². The summed E-state index contributed by atoms with van der Waals surface area (Å²) in [6.07, 6.45) is 4.14. The second-order valence-electron chi connectivity index (χ2n) is 7.57. The summed E-state index contributed by atoms with van der Waals surface area (Å²) in [5.41, 5.74) is 0.0896. The molecule has 1 heterocycles. The molecular formula is C19H30ClN3O4S. The quantitative estimate of drug-likeness (QED) is 0.722. The second kappa shape index (κ2) is 8.98. The Hall–Kier alpha value is -1.35. The number of halogens is 1. The van der Waals surface area contributed by atoms with Gasteiger partial charge in [0.2, 0.25) is 15.9 Å². The number of ether oxygens (including phenoxy) is 1. The van der Waals surface area contributed by atoms with Gasteiger partial charge in [0.05, 0.1) is 12.0 Å². The summed E-state index contributed by atoms with van der Waals surface area (Å²) in [6.45, 7) is 3.72. The van der Waals surface area contributed by atoms with E-state index in [4.69, 9.17) is 4.74 Å². The molecule has 9 heteroatoms. The smallest absolute Gasteiger partial charge is 0.246 e. The Morgan fingerprint density at radius 2 is 2.11 bits per heavy atom. The van der Waals surface area contributed by atoms with E-state index in [-0.39, 0.29) is 23.2 Å². The zero-order valence-corrected chi connectivity index (χ0v) is 18.3. The molecule has 2 atom stereocenters. The molecule has 1 aliphatic carbocycles. The highest BCUT2D eigenvalue weighted by atomic mass is 35.5. The summed E-state index contributed by atoms with van der Waals surface area (Å²) in [4.78, 5) is 13.2. The lowest BCUT2D eigenvalue weighted by Gasteiger charge is -2.37. The highest BCUT2D eigenvalue weighted by Crippen LogP contribution is 2.44. The number of benzene rings is 1. The first-order chi connectivity index (χ1) is 12.8. The van der Waals surface area contributed by atoms with Crippen LogP contribution in [0.5, 0.6) is 5.75 Å². The van der Waals surface area contributed by atoms with Crippen molar-refractivity contribution in [1.29, 1.82) is 0 Å². The number of anilines is 1. The summed E-state index contributed by atoms with van der Waals surface area (Å²) in [5.74, 6) is 0.619. The van der Waals surface area contributed by atoms with Crippen LogP contribution < -0.4 is 15.4 Å². The minimum Gasteiger partial charge on any atom is -0.492 e. The van der Waals surface area contributed by atoms with Gasteiger partial charge >= 0.3 is 0 Å². The molecule has 28 heavy (non-hydrogen) atoms. The number of fused-ring (bicyclic) bond motifs is 1. The van der Waals surface area contributed by atoms with E-state index in [2.05, 4.69) is 10.6 Å². The molecule has 0 spiro atoms. The first-order valence-corrected chi connectivity index (χ1v) is 11.0. The third-order valence-electron chi connectivity index (χ3n) is 5.75. The van der Waals surface area contributed by atoms with E-state index in [0.29, 0.717) is 30.5 Å². The molecule has 3 rings (SSSR count).